The summed E-state index contributed by atoms with van der Waals surface area (Å²) in [6.45, 7) is 0. The minimum absolute atomic E-state index is 0. The molecule has 0 saturated heterocycles. The van der Waals surface area contributed by atoms with E-state index in [-0.39, 0.29) is 27.8 Å². The molecular weight excluding hydrogens is 151 g/mol. The minimum atomic E-state index is -4.10. The largest absolute Gasteiger partial charge is 0.386 e. The molecule has 4 nitrogen and oxygen atoms in total. The number of hydrogen-bond donors (Lipinski definition) is 1. The highest BCUT2D eigenvalue weighted by atomic mass is 32.3. The average molecular weight is 158 g/mol. The second kappa shape index (κ2) is 3.60. The van der Waals surface area contributed by atoms with Crippen molar-refractivity contribution in [2.75, 3.05) is 0 Å². The smallest absolute Gasteiger partial charge is 0.306 e. The van der Waals surface area contributed by atoms with E-state index in [1.807, 2.05) is 0 Å². The van der Waals surface area contributed by atoms with Gasteiger partial charge >= 0.3 is 10.4 Å². The van der Waals surface area contributed by atoms with Crippen LogP contribution >= 0.6 is 0 Å². The Bertz CT molecular complexity index is 114. The summed E-state index contributed by atoms with van der Waals surface area (Å²) in [6.07, 6.45) is 0. The van der Waals surface area contributed by atoms with Gasteiger partial charge in [-0.3, -0.25) is 4.55 Å². The van der Waals surface area contributed by atoms with Gasteiger partial charge in [0.25, 0.3) is 0 Å². The Morgan fingerprint density at radius 3 is 1.71 bits per heavy atom. The third-order valence-electron chi connectivity index (χ3n) is 0.211. The van der Waals surface area contributed by atoms with Crippen molar-refractivity contribution in [3.8, 4) is 0 Å². The molecule has 0 aliphatic rings. The lowest BCUT2D eigenvalue weighted by atomic mass is 15.8. The summed E-state index contributed by atoms with van der Waals surface area (Å²) in [6, 6.07) is 0. The second-order valence-electron chi connectivity index (χ2n) is 0.594. The molecule has 0 bridgehead atoms. The predicted molar refractivity (Wildman–Crippen MR) is 32.5 cm³/mol. The Labute approximate surface area is 55.5 Å². The van der Waals surface area contributed by atoms with E-state index < -0.39 is 10.4 Å². The third kappa shape index (κ3) is 10.8. The summed E-state index contributed by atoms with van der Waals surface area (Å²) in [7, 11) is -4.09. The highest BCUT2D eigenvalue weighted by Crippen LogP contribution is 1.73. The van der Waals surface area contributed by atoms with Gasteiger partial charge < -0.3 is 3.87 Å². The molecule has 0 rings (SSSR count). The van der Waals surface area contributed by atoms with E-state index in [4.69, 9.17) is 4.55 Å². The van der Waals surface area contributed by atoms with Crippen LogP contribution in [0.4, 0.5) is 0 Å². The molecule has 44 valence electrons. The van der Waals surface area contributed by atoms with E-state index in [1.165, 1.54) is 0 Å². The molecule has 0 aromatic rings. The summed E-state index contributed by atoms with van der Waals surface area (Å²) < 4.78 is 30.0. The Morgan fingerprint density at radius 2 is 1.71 bits per heavy atom. The zero-order valence-corrected chi connectivity index (χ0v) is 5.90. The molecule has 0 aliphatic heterocycles. The van der Waals surface area contributed by atoms with Gasteiger partial charge in [-0.15, -0.1) is 0 Å². The highest BCUT2D eigenvalue weighted by Gasteiger charge is 1.93. The molecule has 7 heteroatoms. The van der Waals surface area contributed by atoms with Crippen molar-refractivity contribution in [1.82, 2.24) is 0 Å². The highest BCUT2D eigenvalue weighted by molar-refractivity contribution is 7.81. The Morgan fingerprint density at radius 1 is 1.57 bits per heavy atom. The van der Waals surface area contributed by atoms with Gasteiger partial charge in [0.2, 0.25) is 0 Å². The lowest BCUT2D eigenvalue weighted by Crippen LogP contribution is -1.98. The molecule has 0 heterocycles. The van der Waals surface area contributed by atoms with Gasteiger partial charge in [0.05, 0.1) is 0 Å². The molecule has 0 aromatic carbocycles. The lowest BCUT2D eigenvalue weighted by molar-refractivity contribution is 0.400. The Kier molecular flexibility index (Phi) is 5.44. The van der Waals surface area contributed by atoms with Gasteiger partial charge in [-0.25, -0.2) is 0 Å². The molecule has 0 radical (unpaired) electrons. The Hall–Kier alpha value is 0.619. The van der Waals surface area contributed by atoms with Crippen LogP contribution in [0.2, 0.25) is 0 Å². The summed E-state index contributed by atoms with van der Waals surface area (Å²) in [4.78, 5) is 0. The maximum Gasteiger partial charge on any atom is 0.386 e. The van der Waals surface area contributed by atoms with E-state index >= 15 is 0 Å². The first-order chi connectivity index (χ1) is 2.56. The molecule has 1 N–H and O–H groups in total. The second-order valence-corrected chi connectivity index (χ2v) is 2.78. The zero-order valence-electron chi connectivity index (χ0n) is 3.08. The molecule has 0 fully saturated rings. The lowest BCUT2D eigenvalue weighted by Gasteiger charge is -1.83. The maximum absolute atomic E-state index is 9.37. The first-order valence-electron chi connectivity index (χ1n) is 1.09. The molecule has 0 atom stereocenters. The van der Waals surface area contributed by atoms with E-state index in [2.05, 4.69) is 3.87 Å². The molecule has 0 spiro atoms. The van der Waals surface area contributed by atoms with Gasteiger partial charge in [0, 0.05) is 0 Å². The SMILES string of the molecule is O=S(=O)(O)O[SiH3].[AlH3]. The fourth-order valence-corrected chi connectivity index (χ4v) is 0. The van der Waals surface area contributed by atoms with E-state index in [0.717, 1.165) is 0 Å². The molecule has 0 saturated carbocycles. The van der Waals surface area contributed by atoms with Crippen molar-refractivity contribution in [3.63, 3.8) is 0 Å². The van der Waals surface area contributed by atoms with Crippen molar-refractivity contribution < 1.29 is 16.8 Å². The van der Waals surface area contributed by atoms with Crippen molar-refractivity contribution in [2.45, 2.75) is 0 Å². The van der Waals surface area contributed by atoms with Crippen LogP contribution in [0.5, 0.6) is 0 Å². The third-order valence-corrected chi connectivity index (χ3v) is 1.90. The van der Waals surface area contributed by atoms with Gasteiger partial charge in [0.1, 0.15) is 0 Å². The standard InChI is InChI=1S/Al.H4O4SSi.3H/c;1-5(2,3)4-6;;;/h;6H3,(H,1,2,3);;;. The fourth-order valence-electron chi connectivity index (χ4n) is 0. The first-order valence-corrected chi connectivity index (χ1v) is 3.27. The summed E-state index contributed by atoms with van der Waals surface area (Å²) >= 11 is 0. The number of hydrogen-bond acceptors (Lipinski definition) is 3. The normalized spacial score (nSPS) is 10.4. The van der Waals surface area contributed by atoms with E-state index in [9.17, 15) is 8.42 Å². The fraction of sp³-hybridized carbons (Fsp3) is 0. The number of rotatable bonds is 1. The molecule has 0 unspecified atom stereocenters. The van der Waals surface area contributed by atoms with Crippen LogP contribution in [0.1, 0.15) is 0 Å². The predicted octanol–water partition coefficient (Wildman–Crippen LogP) is -3.10. The monoisotopic (exact) mass is 158 g/mol. The molecule has 0 aromatic heterocycles. The van der Waals surface area contributed by atoms with Crippen LogP contribution in [0.15, 0.2) is 0 Å². The molecule has 7 heavy (non-hydrogen) atoms. The average Bonchev–Trinajstić information content (AvgIpc) is 1.35. The molecular formula is H7AlO4SSi. The van der Waals surface area contributed by atoms with E-state index in [1.54, 1.807) is 0 Å². The van der Waals surface area contributed by atoms with Crippen LogP contribution in [0.25, 0.3) is 0 Å². The van der Waals surface area contributed by atoms with Gasteiger partial charge in [0.15, 0.2) is 27.8 Å². The summed E-state index contributed by atoms with van der Waals surface area (Å²) in [5.74, 6) is 0. The molecule has 0 aliphatic carbocycles. The maximum atomic E-state index is 9.37. The van der Waals surface area contributed by atoms with Crippen LogP contribution in [-0.2, 0) is 14.3 Å². The zero-order chi connectivity index (χ0) is 5.21. The topological polar surface area (TPSA) is 63.6 Å². The van der Waals surface area contributed by atoms with E-state index in [0.29, 0.717) is 0 Å². The van der Waals surface area contributed by atoms with Gasteiger partial charge in [-0.05, 0) is 0 Å². The van der Waals surface area contributed by atoms with Crippen LogP contribution in [0, 0.1) is 0 Å². The quantitative estimate of drug-likeness (QED) is 0.324. The van der Waals surface area contributed by atoms with Crippen molar-refractivity contribution in [2.24, 2.45) is 0 Å². The summed E-state index contributed by atoms with van der Waals surface area (Å²) in [5, 5.41) is 0. The molecule has 0 amide bonds. The first kappa shape index (κ1) is 10.6. The van der Waals surface area contributed by atoms with Crippen LogP contribution in [0.3, 0.4) is 0 Å². The van der Waals surface area contributed by atoms with Crippen molar-refractivity contribution in [1.29, 1.82) is 0 Å². The van der Waals surface area contributed by atoms with Crippen molar-refractivity contribution in [3.05, 3.63) is 0 Å². The summed E-state index contributed by atoms with van der Waals surface area (Å²) in [5.41, 5.74) is 0. The van der Waals surface area contributed by atoms with Gasteiger partial charge in [-0.2, -0.15) is 8.42 Å². The van der Waals surface area contributed by atoms with Crippen LogP contribution < -0.4 is 0 Å². The van der Waals surface area contributed by atoms with Crippen LogP contribution in [-0.4, -0.2) is 40.8 Å². The Balaban J connectivity index is 0. The van der Waals surface area contributed by atoms with Crippen molar-refractivity contribution >= 4 is 38.2 Å². The van der Waals surface area contributed by atoms with Gasteiger partial charge in [-0.1, -0.05) is 0 Å². The minimum Gasteiger partial charge on any atom is -0.306 e.